The van der Waals surface area contributed by atoms with Crippen LogP contribution in [0.3, 0.4) is 0 Å². The molecule has 1 saturated heterocycles. The molecule has 0 radical (unpaired) electrons. The van der Waals surface area contributed by atoms with Crippen LogP contribution in [0.2, 0.25) is 0 Å². The number of aromatic nitrogens is 2. The lowest BCUT2D eigenvalue weighted by molar-refractivity contribution is 0.489. The summed E-state index contributed by atoms with van der Waals surface area (Å²) < 4.78 is 2.08. The van der Waals surface area contributed by atoms with E-state index in [9.17, 15) is 0 Å². The summed E-state index contributed by atoms with van der Waals surface area (Å²) in [5.41, 5.74) is 9.40. The second-order valence-corrected chi connectivity index (χ2v) is 4.79. The normalized spacial score (nSPS) is 16.6. The summed E-state index contributed by atoms with van der Waals surface area (Å²) >= 11 is 0. The largest absolute Gasteiger partial charge is 0.368 e. The molecule has 2 N–H and O–H groups in total. The van der Waals surface area contributed by atoms with E-state index in [2.05, 4.69) is 33.7 Å². The number of nitrogens with zero attached hydrogens (tertiary/aromatic N) is 3. The minimum Gasteiger partial charge on any atom is -0.368 e. The minimum atomic E-state index is 0.604. The Morgan fingerprint density at radius 1 is 1.18 bits per heavy atom. The monoisotopic (exact) mass is 230 g/mol. The molecule has 1 aliphatic rings. The number of hydrogen-bond donors (Lipinski definition) is 1. The van der Waals surface area contributed by atoms with Gasteiger partial charge in [0.15, 0.2) is 0 Å². The number of fused-ring (bicyclic) bond motifs is 1. The van der Waals surface area contributed by atoms with Gasteiger partial charge in [0.2, 0.25) is 5.95 Å². The highest BCUT2D eigenvalue weighted by Gasteiger charge is 2.16. The maximum atomic E-state index is 6.04. The summed E-state index contributed by atoms with van der Waals surface area (Å²) in [5.74, 6) is 0.604. The van der Waals surface area contributed by atoms with Crippen molar-refractivity contribution < 1.29 is 0 Å². The van der Waals surface area contributed by atoms with Crippen LogP contribution in [0.25, 0.3) is 11.0 Å². The zero-order valence-corrected chi connectivity index (χ0v) is 10.2. The van der Waals surface area contributed by atoms with Crippen LogP contribution < -0.4 is 10.7 Å². The van der Waals surface area contributed by atoms with Crippen molar-refractivity contribution in [2.24, 2.45) is 0 Å². The Morgan fingerprint density at radius 2 is 1.94 bits per heavy atom. The third-order valence-electron chi connectivity index (χ3n) is 3.43. The van der Waals surface area contributed by atoms with Crippen molar-refractivity contribution in [2.45, 2.75) is 26.2 Å². The molecule has 1 aromatic heterocycles. The first-order valence-corrected chi connectivity index (χ1v) is 6.25. The Kier molecular flexibility index (Phi) is 2.42. The van der Waals surface area contributed by atoms with Crippen LogP contribution in [0.1, 0.15) is 24.8 Å². The predicted octanol–water partition coefficient (Wildman–Crippen LogP) is 2.05. The van der Waals surface area contributed by atoms with Crippen molar-refractivity contribution in [1.29, 1.82) is 0 Å². The molecule has 90 valence electrons. The maximum Gasteiger partial charge on any atom is 0.220 e. The fourth-order valence-electron chi connectivity index (χ4n) is 2.57. The minimum absolute atomic E-state index is 0.604. The maximum absolute atomic E-state index is 6.04. The van der Waals surface area contributed by atoms with E-state index >= 15 is 0 Å². The summed E-state index contributed by atoms with van der Waals surface area (Å²) in [7, 11) is 0. The Bertz CT molecular complexity index is 538. The lowest BCUT2D eigenvalue weighted by Gasteiger charge is -2.30. The summed E-state index contributed by atoms with van der Waals surface area (Å²) in [6.45, 7) is 4.25. The van der Waals surface area contributed by atoms with E-state index in [4.69, 9.17) is 5.73 Å². The molecule has 1 aromatic carbocycles. The van der Waals surface area contributed by atoms with Gasteiger partial charge in [-0.1, -0.05) is 6.07 Å². The second-order valence-electron chi connectivity index (χ2n) is 4.79. The predicted molar refractivity (Wildman–Crippen MR) is 70.7 cm³/mol. The summed E-state index contributed by atoms with van der Waals surface area (Å²) in [4.78, 5) is 4.43. The van der Waals surface area contributed by atoms with Gasteiger partial charge in [0.05, 0.1) is 11.0 Å². The van der Waals surface area contributed by atoms with Crippen molar-refractivity contribution >= 4 is 17.0 Å². The van der Waals surface area contributed by atoms with Gasteiger partial charge in [0.1, 0.15) is 0 Å². The standard InChI is InChI=1S/C13H18N4/c1-10-5-6-11-12(9-10)17(13(14)15-11)16-7-3-2-4-8-16/h5-6,9H,2-4,7-8H2,1H3,(H2,14,15). The summed E-state index contributed by atoms with van der Waals surface area (Å²) in [5, 5.41) is 2.31. The Balaban J connectivity index is 2.13. The van der Waals surface area contributed by atoms with Crippen molar-refractivity contribution in [2.75, 3.05) is 23.8 Å². The highest BCUT2D eigenvalue weighted by molar-refractivity contribution is 5.79. The smallest absolute Gasteiger partial charge is 0.220 e. The summed E-state index contributed by atoms with van der Waals surface area (Å²) in [6, 6.07) is 6.28. The van der Waals surface area contributed by atoms with Crippen LogP contribution in [-0.4, -0.2) is 22.7 Å². The van der Waals surface area contributed by atoms with Crippen LogP contribution >= 0.6 is 0 Å². The van der Waals surface area contributed by atoms with E-state index < -0.39 is 0 Å². The molecule has 4 heteroatoms. The first-order chi connectivity index (χ1) is 8.25. The Labute approximate surface area is 101 Å². The number of nitrogen functional groups attached to an aromatic ring is 1. The third-order valence-corrected chi connectivity index (χ3v) is 3.43. The van der Waals surface area contributed by atoms with Crippen molar-refractivity contribution in [3.8, 4) is 0 Å². The van der Waals surface area contributed by atoms with E-state index in [-0.39, 0.29) is 0 Å². The molecule has 0 atom stereocenters. The highest BCUT2D eigenvalue weighted by atomic mass is 15.6. The van der Waals surface area contributed by atoms with Crippen LogP contribution in [0, 0.1) is 6.92 Å². The van der Waals surface area contributed by atoms with E-state index in [1.165, 1.54) is 24.8 Å². The lowest BCUT2D eigenvalue weighted by atomic mass is 10.2. The molecule has 0 bridgehead atoms. The van der Waals surface area contributed by atoms with Crippen LogP contribution in [0.15, 0.2) is 18.2 Å². The first kappa shape index (κ1) is 10.4. The van der Waals surface area contributed by atoms with Gasteiger partial charge in [-0.25, -0.2) is 9.66 Å². The molecular formula is C13H18N4. The number of rotatable bonds is 1. The average molecular weight is 230 g/mol. The third kappa shape index (κ3) is 1.73. The molecule has 0 amide bonds. The molecule has 17 heavy (non-hydrogen) atoms. The molecular weight excluding hydrogens is 212 g/mol. The van der Waals surface area contributed by atoms with Crippen molar-refractivity contribution in [1.82, 2.24) is 9.66 Å². The van der Waals surface area contributed by atoms with Gasteiger partial charge in [0.25, 0.3) is 0 Å². The average Bonchev–Trinajstić information content (AvgIpc) is 2.65. The number of anilines is 1. The van der Waals surface area contributed by atoms with E-state index in [1.54, 1.807) is 0 Å². The molecule has 1 aliphatic heterocycles. The second kappa shape index (κ2) is 3.95. The highest BCUT2D eigenvalue weighted by Crippen LogP contribution is 2.21. The van der Waals surface area contributed by atoms with Crippen LogP contribution in [0.5, 0.6) is 0 Å². The molecule has 1 fully saturated rings. The molecule has 3 rings (SSSR count). The molecule has 0 spiro atoms. The van der Waals surface area contributed by atoms with Gasteiger partial charge in [-0.3, -0.25) is 0 Å². The Morgan fingerprint density at radius 3 is 2.71 bits per heavy atom. The van der Waals surface area contributed by atoms with Crippen LogP contribution in [-0.2, 0) is 0 Å². The number of aryl methyl sites for hydroxylation is 1. The zero-order chi connectivity index (χ0) is 11.8. The summed E-state index contributed by atoms with van der Waals surface area (Å²) in [6.07, 6.45) is 3.80. The van der Waals surface area contributed by atoms with Gasteiger partial charge in [-0.15, -0.1) is 0 Å². The fraction of sp³-hybridized carbons (Fsp3) is 0.462. The molecule has 4 nitrogen and oxygen atoms in total. The number of piperidine rings is 1. The van der Waals surface area contributed by atoms with Crippen LogP contribution in [0.4, 0.5) is 5.95 Å². The lowest BCUT2D eigenvalue weighted by Crippen LogP contribution is -2.39. The van der Waals surface area contributed by atoms with Gasteiger partial charge in [-0.05, 0) is 43.9 Å². The fourth-order valence-corrected chi connectivity index (χ4v) is 2.57. The number of benzene rings is 1. The molecule has 0 unspecified atom stereocenters. The van der Waals surface area contributed by atoms with E-state index in [0.29, 0.717) is 5.95 Å². The number of nitrogens with two attached hydrogens (primary N) is 1. The van der Waals surface area contributed by atoms with Crippen molar-refractivity contribution in [3.05, 3.63) is 23.8 Å². The molecule has 2 heterocycles. The topological polar surface area (TPSA) is 47.1 Å². The number of hydrogen-bond acceptors (Lipinski definition) is 3. The van der Waals surface area contributed by atoms with Gasteiger partial charge in [0, 0.05) is 13.1 Å². The quantitative estimate of drug-likeness (QED) is 0.815. The van der Waals surface area contributed by atoms with Crippen molar-refractivity contribution in [3.63, 3.8) is 0 Å². The first-order valence-electron chi connectivity index (χ1n) is 6.25. The molecule has 0 aliphatic carbocycles. The van der Waals surface area contributed by atoms with Gasteiger partial charge < -0.3 is 10.7 Å². The van der Waals surface area contributed by atoms with Gasteiger partial charge in [-0.2, -0.15) is 0 Å². The van der Waals surface area contributed by atoms with E-state index in [0.717, 1.165) is 24.1 Å². The number of imidazole rings is 1. The molecule has 2 aromatic rings. The Hall–Kier alpha value is -1.71. The zero-order valence-electron chi connectivity index (χ0n) is 10.2. The SMILES string of the molecule is Cc1ccc2nc(N)n(N3CCCCC3)c2c1. The van der Waals surface area contributed by atoms with E-state index in [1.807, 2.05) is 6.07 Å². The van der Waals surface area contributed by atoms with Gasteiger partial charge >= 0.3 is 0 Å². The molecule has 0 saturated carbocycles.